The van der Waals surface area contributed by atoms with Crippen molar-refractivity contribution in [1.29, 1.82) is 0 Å². The highest BCUT2D eigenvalue weighted by Gasteiger charge is 2.48. The molecule has 0 saturated carbocycles. The molecule has 4 rings (SSSR count). The molecule has 3 unspecified atom stereocenters. The second kappa shape index (κ2) is 8.29. The quantitative estimate of drug-likeness (QED) is 0.559. The van der Waals surface area contributed by atoms with Crippen LogP contribution in [0.15, 0.2) is 52.3 Å². The summed E-state index contributed by atoms with van der Waals surface area (Å²) in [4.78, 5) is 38.9. The topological polar surface area (TPSA) is 115 Å². The molecule has 2 aliphatic rings. The van der Waals surface area contributed by atoms with Crippen LogP contribution in [0.4, 0.5) is 0 Å². The molecule has 0 spiro atoms. The third-order valence-electron chi connectivity index (χ3n) is 5.78. The number of amides is 1. The second-order valence-corrected chi connectivity index (χ2v) is 7.55. The number of hydrogen-bond acceptors (Lipinski definition) is 7. The molecule has 2 N–H and O–H groups in total. The Kier molecular flexibility index (Phi) is 5.54. The van der Waals surface area contributed by atoms with Gasteiger partial charge in [0, 0.05) is 29.5 Å². The number of furan rings is 1. The average Bonchev–Trinajstić information content (AvgIpc) is 3.28. The van der Waals surface area contributed by atoms with Crippen molar-refractivity contribution in [3.8, 4) is 11.5 Å². The molecular weight excluding hydrogens is 402 g/mol. The molecule has 8 heteroatoms. The van der Waals surface area contributed by atoms with Gasteiger partial charge in [0.25, 0.3) is 0 Å². The molecule has 3 atom stereocenters. The smallest absolute Gasteiger partial charge is 0.317 e. The number of benzene rings is 1. The van der Waals surface area contributed by atoms with Crippen molar-refractivity contribution in [2.45, 2.75) is 31.6 Å². The van der Waals surface area contributed by atoms with Crippen molar-refractivity contribution < 1.29 is 33.4 Å². The first-order valence-electron chi connectivity index (χ1n) is 10.1. The van der Waals surface area contributed by atoms with Crippen LogP contribution in [0.1, 0.15) is 42.9 Å². The van der Waals surface area contributed by atoms with E-state index in [1.807, 2.05) is 0 Å². The number of rotatable bonds is 5. The highest BCUT2D eigenvalue weighted by molar-refractivity contribution is 6.12. The van der Waals surface area contributed by atoms with Crippen molar-refractivity contribution in [1.82, 2.24) is 5.32 Å². The van der Waals surface area contributed by atoms with E-state index in [0.29, 0.717) is 22.6 Å². The highest BCUT2D eigenvalue weighted by atomic mass is 16.5. The van der Waals surface area contributed by atoms with Crippen molar-refractivity contribution >= 4 is 17.7 Å². The number of hydrogen-bond donors (Lipinski definition) is 2. The molecule has 1 aromatic heterocycles. The van der Waals surface area contributed by atoms with E-state index in [4.69, 9.17) is 13.9 Å². The van der Waals surface area contributed by atoms with Gasteiger partial charge in [-0.3, -0.25) is 14.4 Å². The Morgan fingerprint density at radius 2 is 2.06 bits per heavy atom. The summed E-state index contributed by atoms with van der Waals surface area (Å²) in [5.41, 5.74) is 1.51. The van der Waals surface area contributed by atoms with Crippen LogP contribution >= 0.6 is 0 Å². The summed E-state index contributed by atoms with van der Waals surface area (Å²) >= 11 is 0. The maximum Gasteiger partial charge on any atom is 0.317 e. The number of Topliss-reactive ketones (excluding diaryl/α,β-unsaturated/α-hetero) is 1. The Balaban J connectivity index is 1.81. The lowest BCUT2D eigenvalue weighted by atomic mass is 9.69. The number of methoxy groups -OCH3 is 1. The lowest BCUT2D eigenvalue weighted by molar-refractivity contribution is -0.152. The van der Waals surface area contributed by atoms with Gasteiger partial charge >= 0.3 is 5.97 Å². The Bertz CT molecular complexity index is 1050. The predicted molar refractivity (Wildman–Crippen MR) is 108 cm³/mol. The fourth-order valence-electron chi connectivity index (χ4n) is 4.42. The van der Waals surface area contributed by atoms with Crippen molar-refractivity contribution in [2.24, 2.45) is 5.92 Å². The molecule has 1 aromatic carbocycles. The van der Waals surface area contributed by atoms with E-state index in [1.54, 1.807) is 31.2 Å². The van der Waals surface area contributed by atoms with E-state index >= 15 is 0 Å². The van der Waals surface area contributed by atoms with Crippen LogP contribution in [0.25, 0.3) is 0 Å². The third-order valence-corrected chi connectivity index (χ3v) is 5.78. The van der Waals surface area contributed by atoms with Crippen molar-refractivity contribution in [2.75, 3.05) is 13.7 Å². The van der Waals surface area contributed by atoms with Gasteiger partial charge in [-0.1, -0.05) is 6.07 Å². The minimum absolute atomic E-state index is 0.0411. The molecule has 162 valence electrons. The molecule has 0 saturated heterocycles. The fourth-order valence-corrected chi connectivity index (χ4v) is 4.42. The number of aromatic hydroxyl groups is 1. The normalized spacial score (nSPS) is 23.2. The number of carbonyl (C=O) groups is 3. The van der Waals surface area contributed by atoms with E-state index < -0.39 is 29.5 Å². The Morgan fingerprint density at radius 1 is 1.26 bits per heavy atom. The SMILES string of the molecule is CCOC(=O)C1C(=O)C2=C(CC1c1ccco1)NC(=O)CC2c1ccc(O)c(OC)c1. The predicted octanol–water partition coefficient (Wildman–Crippen LogP) is 2.79. The summed E-state index contributed by atoms with van der Waals surface area (Å²) in [6.45, 7) is 1.83. The van der Waals surface area contributed by atoms with Gasteiger partial charge in [0.1, 0.15) is 11.7 Å². The second-order valence-electron chi connectivity index (χ2n) is 7.55. The number of ketones is 1. The van der Waals surface area contributed by atoms with Crippen LogP contribution in [-0.2, 0) is 19.1 Å². The molecule has 2 aromatic rings. The number of ether oxygens (including phenoxy) is 2. The molecule has 0 fully saturated rings. The van der Waals surface area contributed by atoms with Gasteiger partial charge in [0.15, 0.2) is 17.3 Å². The summed E-state index contributed by atoms with van der Waals surface area (Å²) in [7, 11) is 1.42. The molecule has 0 radical (unpaired) electrons. The monoisotopic (exact) mass is 425 g/mol. The molecule has 31 heavy (non-hydrogen) atoms. The maximum absolute atomic E-state index is 13.7. The summed E-state index contributed by atoms with van der Waals surface area (Å²) in [5.74, 6) is -2.76. The summed E-state index contributed by atoms with van der Waals surface area (Å²) in [6, 6.07) is 8.12. The van der Waals surface area contributed by atoms with Gasteiger partial charge in [-0.05, 0) is 43.2 Å². The summed E-state index contributed by atoms with van der Waals surface area (Å²) in [6.07, 6.45) is 1.78. The van der Waals surface area contributed by atoms with Gasteiger partial charge in [-0.2, -0.15) is 0 Å². The van der Waals surface area contributed by atoms with Crippen LogP contribution in [0, 0.1) is 5.92 Å². The zero-order valence-electron chi connectivity index (χ0n) is 17.2. The lowest BCUT2D eigenvalue weighted by Crippen LogP contribution is -2.44. The Labute approximate surface area is 178 Å². The number of esters is 1. The van der Waals surface area contributed by atoms with E-state index in [-0.39, 0.29) is 36.9 Å². The molecule has 1 amide bonds. The minimum atomic E-state index is -1.07. The number of nitrogens with one attached hydrogen (secondary N) is 1. The van der Waals surface area contributed by atoms with Crippen molar-refractivity contribution in [3.05, 3.63) is 59.2 Å². The van der Waals surface area contributed by atoms with Crippen LogP contribution in [-0.4, -0.2) is 36.5 Å². The molecule has 1 aliphatic carbocycles. The first-order chi connectivity index (χ1) is 14.9. The van der Waals surface area contributed by atoms with Gasteiger partial charge in [0.05, 0.1) is 20.0 Å². The fraction of sp³-hybridized carbons (Fsp3) is 0.348. The van der Waals surface area contributed by atoms with Crippen LogP contribution in [0.5, 0.6) is 11.5 Å². The molecule has 0 bridgehead atoms. The van der Waals surface area contributed by atoms with E-state index in [2.05, 4.69) is 5.32 Å². The Morgan fingerprint density at radius 3 is 2.74 bits per heavy atom. The third kappa shape index (κ3) is 3.69. The minimum Gasteiger partial charge on any atom is -0.504 e. The van der Waals surface area contributed by atoms with Crippen LogP contribution in [0.2, 0.25) is 0 Å². The number of carbonyl (C=O) groups excluding carboxylic acids is 3. The first kappa shape index (κ1) is 20.7. The van der Waals surface area contributed by atoms with Gasteiger partial charge in [0.2, 0.25) is 5.91 Å². The molecular formula is C23H23NO7. The van der Waals surface area contributed by atoms with Crippen molar-refractivity contribution in [3.63, 3.8) is 0 Å². The average molecular weight is 425 g/mol. The van der Waals surface area contributed by atoms with E-state index in [0.717, 1.165) is 0 Å². The van der Waals surface area contributed by atoms with E-state index in [9.17, 15) is 19.5 Å². The first-order valence-corrected chi connectivity index (χ1v) is 10.1. The molecule has 8 nitrogen and oxygen atoms in total. The van der Waals surface area contributed by atoms with Crippen LogP contribution in [0.3, 0.4) is 0 Å². The summed E-state index contributed by atoms with van der Waals surface area (Å²) < 4.78 is 15.9. The molecule has 2 heterocycles. The zero-order valence-corrected chi connectivity index (χ0v) is 17.2. The summed E-state index contributed by atoms with van der Waals surface area (Å²) in [5, 5.41) is 12.7. The number of allylic oxidation sites excluding steroid dienone is 2. The number of phenols is 1. The zero-order chi connectivity index (χ0) is 22.1. The molecule has 1 aliphatic heterocycles. The van der Waals surface area contributed by atoms with Crippen LogP contribution < -0.4 is 10.1 Å². The van der Waals surface area contributed by atoms with Gasteiger partial charge in [-0.25, -0.2) is 0 Å². The largest absolute Gasteiger partial charge is 0.504 e. The lowest BCUT2D eigenvalue weighted by Gasteiger charge is -2.37. The van der Waals surface area contributed by atoms with Gasteiger partial charge < -0.3 is 24.3 Å². The van der Waals surface area contributed by atoms with Gasteiger partial charge in [-0.15, -0.1) is 0 Å². The number of phenolic OH excluding ortho intramolecular Hbond substituents is 1. The Hall–Kier alpha value is -3.55. The standard InChI is InChI=1S/C23H23NO7/c1-3-30-23(28)21-14(17-5-4-8-31-17)10-15-20(22(21)27)13(11-19(26)24-15)12-6-7-16(25)18(9-12)29-2/h4-9,13-14,21,25H,3,10-11H2,1-2H3,(H,24,26). The highest BCUT2D eigenvalue weighted by Crippen LogP contribution is 2.46. The van der Waals surface area contributed by atoms with E-state index in [1.165, 1.54) is 19.4 Å². The maximum atomic E-state index is 13.7.